The molecule has 3 N–H and O–H groups in total. The Hall–Kier alpha value is -1.66. The van der Waals surface area contributed by atoms with Crippen molar-refractivity contribution in [2.75, 3.05) is 6.61 Å². The third-order valence-electron chi connectivity index (χ3n) is 12.5. The molecule has 360 valence electrons. The predicted octanol–water partition coefficient (Wildman–Crippen LogP) is 16.3. The Morgan fingerprint density at radius 1 is 0.459 bits per heavy atom. The van der Waals surface area contributed by atoms with Crippen LogP contribution in [0.15, 0.2) is 24.3 Å². The van der Waals surface area contributed by atoms with Gasteiger partial charge in [-0.3, -0.25) is 9.59 Å². The first-order valence-electron chi connectivity index (χ1n) is 27.1. The van der Waals surface area contributed by atoms with E-state index in [0.29, 0.717) is 19.3 Å². The first kappa shape index (κ1) is 59.3. The molecule has 61 heavy (non-hydrogen) atoms. The lowest BCUT2D eigenvalue weighted by Crippen LogP contribution is -2.46. The van der Waals surface area contributed by atoms with Gasteiger partial charge in [-0.15, -0.1) is 0 Å². The van der Waals surface area contributed by atoms with E-state index in [0.717, 1.165) is 64.2 Å². The molecule has 3 unspecified atom stereocenters. The lowest BCUT2D eigenvalue weighted by atomic mass is 10.0. The highest BCUT2D eigenvalue weighted by atomic mass is 16.5. The van der Waals surface area contributed by atoms with Gasteiger partial charge in [0.05, 0.1) is 25.2 Å². The van der Waals surface area contributed by atoms with Gasteiger partial charge >= 0.3 is 5.97 Å². The standard InChI is InChI=1S/C55H105NO5/c1-4-7-10-13-16-19-22-24-26-27-28-30-33-35-38-41-44-47-53(58)52(50-57)56-54(59)49-51(46-43-40-37-34-32-29-25-23-20-17-14-11-8-5-2)61-55(60)48-45-42-39-36-31-21-18-15-12-9-6-3/h15,18,29,32,51-53,57-58H,4-14,16-17,19-28,30-31,33-50H2,1-3H3,(H,56,59)/b18-15-,32-29+. The van der Waals surface area contributed by atoms with Crippen molar-refractivity contribution < 1.29 is 24.5 Å². The van der Waals surface area contributed by atoms with Gasteiger partial charge < -0.3 is 20.3 Å². The molecule has 1 amide bonds. The number of esters is 1. The summed E-state index contributed by atoms with van der Waals surface area (Å²) in [4.78, 5) is 26.1. The summed E-state index contributed by atoms with van der Waals surface area (Å²) in [5.41, 5.74) is 0. The predicted molar refractivity (Wildman–Crippen MR) is 264 cm³/mol. The fourth-order valence-electron chi connectivity index (χ4n) is 8.35. The number of allylic oxidation sites excluding steroid dienone is 4. The maximum atomic E-state index is 13.2. The van der Waals surface area contributed by atoms with Crippen molar-refractivity contribution in [1.82, 2.24) is 5.32 Å². The van der Waals surface area contributed by atoms with Crippen molar-refractivity contribution in [3.05, 3.63) is 24.3 Å². The molecule has 6 nitrogen and oxygen atoms in total. The minimum atomic E-state index is -0.790. The van der Waals surface area contributed by atoms with Crippen LogP contribution < -0.4 is 5.32 Å². The lowest BCUT2D eigenvalue weighted by Gasteiger charge is -2.24. The zero-order valence-electron chi connectivity index (χ0n) is 41.1. The van der Waals surface area contributed by atoms with E-state index in [-0.39, 0.29) is 24.9 Å². The number of ether oxygens (including phenoxy) is 1. The van der Waals surface area contributed by atoms with Crippen LogP contribution in [0.5, 0.6) is 0 Å². The van der Waals surface area contributed by atoms with Crippen LogP contribution in [0.4, 0.5) is 0 Å². The van der Waals surface area contributed by atoms with Crippen LogP contribution in [0.3, 0.4) is 0 Å². The summed E-state index contributed by atoms with van der Waals surface area (Å²) in [6.45, 7) is 6.46. The Morgan fingerprint density at radius 2 is 0.803 bits per heavy atom. The molecule has 0 spiro atoms. The van der Waals surface area contributed by atoms with Crippen LogP contribution in [0, 0.1) is 0 Å². The molecule has 0 aromatic carbocycles. The molecule has 6 heteroatoms. The molecular formula is C55H105NO5. The molecule has 0 aliphatic rings. The van der Waals surface area contributed by atoms with E-state index in [1.54, 1.807) is 0 Å². The number of hydrogen-bond acceptors (Lipinski definition) is 5. The van der Waals surface area contributed by atoms with Crippen molar-refractivity contribution in [2.24, 2.45) is 0 Å². The van der Waals surface area contributed by atoms with Gasteiger partial charge in [-0.05, 0) is 70.6 Å². The van der Waals surface area contributed by atoms with Gasteiger partial charge in [0.2, 0.25) is 5.91 Å². The number of amides is 1. The molecule has 0 aliphatic heterocycles. The fraction of sp³-hybridized carbons (Fsp3) is 0.891. The molecule has 3 atom stereocenters. The minimum absolute atomic E-state index is 0.0677. The summed E-state index contributed by atoms with van der Waals surface area (Å²) in [5.74, 6) is -0.488. The van der Waals surface area contributed by atoms with Crippen LogP contribution in [0.25, 0.3) is 0 Å². The number of hydrogen-bond donors (Lipinski definition) is 3. The molecule has 0 fully saturated rings. The highest BCUT2D eigenvalue weighted by Crippen LogP contribution is 2.18. The average molecular weight is 860 g/mol. The summed E-state index contributed by atoms with van der Waals surface area (Å²) >= 11 is 0. The SMILES string of the molecule is CCCC/C=C\CCCCCCCC(=O)OC(CCCCC/C=C/CCCCCCCCC)CC(=O)NC(CO)C(O)CCCCCCCCCCCCCCCCCCC. The smallest absolute Gasteiger partial charge is 0.306 e. The van der Waals surface area contributed by atoms with Gasteiger partial charge in [-0.2, -0.15) is 0 Å². The number of carbonyl (C=O) groups is 2. The van der Waals surface area contributed by atoms with Gasteiger partial charge in [0.25, 0.3) is 0 Å². The van der Waals surface area contributed by atoms with Crippen molar-refractivity contribution >= 4 is 11.9 Å². The molecule has 0 aromatic heterocycles. The zero-order valence-corrected chi connectivity index (χ0v) is 41.1. The summed E-state index contributed by atoms with van der Waals surface area (Å²) in [6, 6.07) is -0.704. The molecule has 0 rings (SSSR count). The van der Waals surface area contributed by atoms with Gasteiger partial charge in [-0.25, -0.2) is 0 Å². The van der Waals surface area contributed by atoms with E-state index < -0.39 is 18.2 Å². The van der Waals surface area contributed by atoms with Crippen LogP contribution >= 0.6 is 0 Å². The topological polar surface area (TPSA) is 95.9 Å². The Morgan fingerprint density at radius 3 is 1.23 bits per heavy atom. The van der Waals surface area contributed by atoms with Crippen molar-refractivity contribution in [3.8, 4) is 0 Å². The van der Waals surface area contributed by atoms with E-state index in [4.69, 9.17) is 4.74 Å². The molecule has 0 saturated carbocycles. The first-order valence-corrected chi connectivity index (χ1v) is 27.1. The minimum Gasteiger partial charge on any atom is -0.462 e. The Labute approximate surface area is 380 Å². The quantitative estimate of drug-likeness (QED) is 0.0322. The average Bonchev–Trinajstić information content (AvgIpc) is 3.25. The highest BCUT2D eigenvalue weighted by molar-refractivity contribution is 5.77. The third-order valence-corrected chi connectivity index (χ3v) is 12.5. The van der Waals surface area contributed by atoms with Gasteiger partial charge in [0.15, 0.2) is 0 Å². The van der Waals surface area contributed by atoms with E-state index >= 15 is 0 Å². The molecule has 0 aromatic rings. The van der Waals surface area contributed by atoms with E-state index in [2.05, 4.69) is 50.4 Å². The van der Waals surface area contributed by atoms with E-state index in [9.17, 15) is 19.8 Å². The Balaban J connectivity index is 4.50. The largest absolute Gasteiger partial charge is 0.462 e. The van der Waals surface area contributed by atoms with E-state index in [1.165, 1.54) is 180 Å². The molecule has 0 saturated heterocycles. The van der Waals surface area contributed by atoms with Gasteiger partial charge in [-0.1, -0.05) is 231 Å². The van der Waals surface area contributed by atoms with Gasteiger partial charge in [0.1, 0.15) is 6.10 Å². The number of aliphatic hydroxyl groups excluding tert-OH is 2. The van der Waals surface area contributed by atoms with Crippen molar-refractivity contribution in [3.63, 3.8) is 0 Å². The maximum absolute atomic E-state index is 13.2. The second-order valence-corrected chi connectivity index (χ2v) is 18.6. The number of carbonyl (C=O) groups excluding carboxylic acids is 2. The van der Waals surface area contributed by atoms with Crippen molar-refractivity contribution in [1.29, 1.82) is 0 Å². The monoisotopic (exact) mass is 860 g/mol. The first-order chi connectivity index (χ1) is 30.0. The van der Waals surface area contributed by atoms with Crippen LogP contribution in [0.1, 0.15) is 290 Å². The summed E-state index contributed by atoms with van der Waals surface area (Å²) < 4.78 is 5.92. The zero-order chi connectivity index (χ0) is 44.5. The van der Waals surface area contributed by atoms with E-state index in [1.807, 2.05) is 0 Å². The molecule has 0 bridgehead atoms. The van der Waals surface area contributed by atoms with Crippen molar-refractivity contribution in [2.45, 2.75) is 309 Å². The maximum Gasteiger partial charge on any atom is 0.306 e. The number of aliphatic hydroxyl groups is 2. The Bertz CT molecular complexity index is 966. The third kappa shape index (κ3) is 44.7. The van der Waals surface area contributed by atoms with Crippen LogP contribution in [-0.4, -0.2) is 46.9 Å². The van der Waals surface area contributed by atoms with Crippen LogP contribution in [0.2, 0.25) is 0 Å². The summed E-state index contributed by atoms with van der Waals surface area (Å²) in [6.07, 6.45) is 56.7. The molecule has 0 heterocycles. The molecule has 0 aliphatic carbocycles. The summed E-state index contributed by atoms with van der Waals surface area (Å²) in [7, 11) is 0. The Kier molecular flexibility index (Phi) is 48.0. The number of unbranched alkanes of at least 4 members (excludes halogenated alkanes) is 33. The second kappa shape index (κ2) is 49.4. The lowest BCUT2D eigenvalue weighted by molar-refractivity contribution is -0.151. The number of rotatable bonds is 49. The highest BCUT2D eigenvalue weighted by Gasteiger charge is 2.24. The number of nitrogens with one attached hydrogen (secondary N) is 1. The molecular weight excluding hydrogens is 755 g/mol. The van der Waals surface area contributed by atoms with Gasteiger partial charge in [0, 0.05) is 6.42 Å². The second-order valence-electron chi connectivity index (χ2n) is 18.6. The summed E-state index contributed by atoms with van der Waals surface area (Å²) in [5, 5.41) is 23.8. The van der Waals surface area contributed by atoms with Crippen LogP contribution in [-0.2, 0) is 14.3 Å². The fourth-order valence-corrected chi connectivity index (χ4v) is 8.35. The normalized spacial score (nSPS) is 13.3. The molecule has 0 radical (unpaired) electrons.